The predicted molar refractivity (Wildman–Crippen MR) is 83.8 cm³/mol. The minimum absolute atomic E-state index is 0.381. The van der Waals surface area contributed by atoms with Gasteiger partial charge in [0.1, 0.15) is 5.82 Å². The number of hydrogen-bond acceptors (Lipinski definition) is 4. The van der Waals surface area contributed by atoms with Crippen LogP contribution in [0.4, 0.5) is 5.82 Å². The topological polar surface area (TPSA) is 41.1 Å². The van der Waals surface area contributed by atoms with Gasteiger partial charge in [0.05, 0.1) is 18.1 Å². The largest absolute Gasteiger partial charge is 0.355 e. The van der Waals surface area contributed by atoms with Crippen molar-refractivity contribution in [1.29, 1.82) is 0 Å². The van der Waals surface area contributed by atoms with Crippen LogP contribution < -0.4 is 10.2 Å². The van der Waals surface area contributed by atoms with Crippen molar-refractivity contribution in [2.45, 2.75) is 47.1 Å². The zero-order valence-electron chi connectivity index (χ0n) is 13.3. The zero-order valence-corrected chi connectivity index (χ0v) is 13.3. The maximum Gasteiger partial charge on any atom is 0.147 e. The Labute approximate surface area is 123 Å². The fourth-order valence-electron chi connectivity index (χ4n) is 2.67. The average Bonchev–Trinajstić information content (AvgIpc) is 2.89. The SMILES string of the molecule is CCCNCc1cnc(N2CCC(C(C)(C)C)C2)cn1. The lowest BCUT2D eigenvalue weighted by atomic mass is 9.80. The van der Waals surface area contributed by atoms with E-state index in [1.54, 1.807) is 0 Å². The fourth-order valence-corrected chi connectivity index (χ4v) is 2.67. The van der Waals surface area contributed by atoms with Gasteiger partial charge >= 0.3 is 0 Å². The standard InChI is InChI=1S/C16H28N4/c1-5-7-17-9-14-10-19-15(11-18-14)20-8-6-13(12-20)16(2,3)4/h10-11,13,17H,5-9,12H2,1-4H3. The van der Waals surface area contributed by atoms with E-state index in [1.807, 2.05) is 12.4 Å². The molecular formula is C16H28N4. The molecular weight excluding hydrogens is 248 g/mol. The van der Waals surface area contributed by atoms with E-state index in [9.17, 15) is 0 Å². The molecule has 1 fully saturated rings. The van der Waals surface area contributed by atoms with Crippen molar-refractivity contribution < 1.29 is 0 Å². The zero-order chi connectivity index (χ0) is 14.6. The quantitative estimate of drug-likeness (QED) is 0.840. The Morgan fingerprint density at radius 3 is 2.65 bits per heavy atom. The van der Waals surface area contributed by atoms with Crippen molar-refractivity contribution >= 4 is 5.82 Å². The van der Waals surface area contributed by atoms with E-state index in [4.69, 9.17) is 0 Å². The molecule has 1 atom stereocenters. The third kappa shape index (κ3) is 3.92. The van der Waals surface area contributed by atoms with Gasteiger partial charge in [0, 0.05) is 19.6 Å². The van der Waals surface area contributed by atoms with Crippen molar-refractivity contribution in [1.82, 2.24) is 15.3 Å². The summed E-state index contributed by atoms with van der Waals surface area (Å²) in [5.74, 6) is 1.77. The maximum atomic E-state index is 4.58. The minimum Gasteiger partial charge on any atom is -0.355 e. The third-order valence-corrected chi connectivity index (χ3v) is 4.16. The minimum atomic E-state index is 0.381. The van der Waals surface area contributed by atoms with Gasteiger partial charge in [0.2, 0.25) is 0 Å². The van der Waals surface area contributed by atoms with E-state index in [2.05, 4.69) is 47.9 Å². The lowest BCUT2D eigenvalue weighted by Gasteiger charge is -2.27. The average molecular weight is 276 g/mol. The van der Waals surface area contributed by atoms with E-state index in [0.717, 1.165) is 50.0 Å². The summed E-state index contributed by atoms with van der Waals surface area (Å²) >= 11 is 0. The molecule has 1 aromatic rings. The molecule has 0 amide bonds. The highest BCUT2D eigenvalue weighted by molar-refractivity contribution is 5.37. The second kappa shape index (κ2) is 6.53. The molecule has 1 saturated heterocycles. The van der Waals surface area contributed by atoms with Gasteiger partial charge in [-0.25, -0.2) is 4.98 Å². The van der Waals surface area contributed by atoms with Gasteiger partial charge in [-0.2, -0.15) is 0 Å². The van der Waals surface area contributed by atoms with Crippen LogP contribution in [0, 0.1) is 11.3 Å². The van der Waals surface area contributed by atoms with Gasteiger partial charge in [-0.15, -0.1) is 0 Å². The van der Waals surface area contributed by atoms with E-state index >= 15 is 0 Å². The first kappa shape index (κ1) is 15.2. The highest BCUT2D eigenvalue weighted by atomic mass is 15.2. The summed E-state index contributed by atoms with van der Waals surface area (Å²) in [4.78, 5) is 11.5. The number of aromatic nitrogens is 2. The predicted octanol–water partition coefficient (Wildman–Crippen LogP) is 2.85. The molecule has 0 aliphatic carbocycles. The molecule has 1 N–H and O–H groups in total. The summed E-state index contributed by atoms with van der Waals surface area (Å²) in [5, 5.41) is 3.35. The van der Waals surface area contributed by atoms with Gasteiger partial charge < -0.3 is 10.2 Å². The lowest BCUT2D eigenvalue weighted by molar-refractivity contribution is 0.263. The fraction of sp³-hybridized carbons (Fsp3) is 0.750. The summed E-state index contributed by atoms with van der Waals surface area (Å²) in [5.41, 5.74) is 1.40. The molecule has 0 saturated carbocycles. The van der Waals surface area contributed by atoms with E-state index in [-0.39, 0.29) is 0 Å². The van der Waals surface area contributed by atoms with Crippen LogP contribution in [-0.2, 0) is 6.54 Å². The molecule has 2 heterocycles. The number of nitrogens with zero attached hydrogens (tertiary/aromatic N) is 3. The second-order valence-electron chi connectivity index (χ2n) is 6.84. The van der Waals surface area contributed by atoms with Crippen molar-refractivity contribution in [3.8, 4) is 0 Å². The van der Waals surface area contributed by atoms with E-state index < -0.39 is 0 Å². The molecule has 1 aliphatic heterocycles. The molecule has 112 valence electrons. The maximum absolute atomic E-state index is 4.58. The molecule has 1 aliphatic rings. The van der Waals surface area contributed by atoms with Crippen LogP contribution in [0.2, 0.25) is 0 Å². The van der Waals surface area contributed by atoms with Gasteiger partial charge in [-0.1, -0.05) is 27.7 Å². The van der Waals surface area contributed by atoms with Crippen LogP contribution in [0.3, 0.4) is 0 Å². The monoisotopic (exact) mass is 276 g/mol. The first-order valence-electron chi connectivity index (χ1n) is 7.77. The normalized spacial score (nSPS) is 19.6. The summed E-state index contributed by atoms with van der Waals surface area (Å²) < 4.78 is 0. The molecule has 0 aromatic carbocycles. The number of hydrogen-bond donors (Lipinski definition) is 1. The first-order valence-corrected chi connectivity index (χ1v) is 7.77. The van der Waals surface area contributed by atoms with Crippen LogP contribution in [0.25, 0.3) is 0 Å². The Bertz CT molecular complexity index is 407. The van der Waals surface area contributed by atoms with Gasteiger partial charge in [-0.3, -0.25) is 4.98 Å². The van der Waals surface area contributed by atoms with Gasteiger partial charge in [0.15, 0.2) is 0 Å². The molecule has 2 rings (SSSR count). The summed E-state index contributed by atoms with van der Waals surface area (Å²) in [6, 6.07) is 0. The second-order valence-corrected chi connectivity index (χ2v) is 6.84. The van der Waals surface area contributed by atoms with Crippen LogP contribution >= 0.6 is 0 Å². The third-order valence-electron chi connectivity index (χ3n) is 4.16. The van der Waals surface area contributed by atoms with Crippen molar-refractivity contribution in [2.24, 2.45) is 11.3 Å². The van der Waals surface area contributed by atoms with Crippen molar-refractivity contribution in [2.75, 3.05) is 24.5 Å². The molecule has 4 nitrogen and oxygen atoms in total. The highest BCUT2D eigenvalue weighted by Gasteiger charge is 2.32. The smallest absolute Gasteiger partial charge is 0.147 e. The Morgan fingerprint density at radius 2 is 2.10 bits per heavy atom. The summed E-state index contributed by atoms with van der Waals surface area (Å²) in [6.45, 7) is 13.2. The molecule has 1 aromatic heterocycles. The lowest BCUT2D eigenvalue weighted by Crippen LogP contribution is -2.26. The summed E-state index contributed by atoms with van der Waals surface area (Å²) in [6.07, 6.45) is 6.23. The molecule has 1 unspecified atom stereocenters. The van der Waals surface area contributed by atoms with Gasteiger partial charge in [-0.05, 0) is 30.7 Å². The molecule has 0 radical (unpaired) electrons. The van der Waals surface area contributed by atoms with Crippen LogP contribution in [0.5, 0.6) is 0 Å². The van der Waals surface area contributed by atoms with E-state index in [0.29, 0.717) is 5.41 Å². The number of rotatable bonds is 5. The molecule has 4 heteroatoms. The van der Waals surface area contributed by atoms with E-state index in [1.165, 1.54) is 6.42 Å². The molecule has 0 spiro atoms. The van der Waals surface area contributed by atoms with Crippen LogP contribution in [-0.4, -0.2) is 29.6 Å². The van der Waals surface area contributed by atoms with Gasteiger partial charge in [0.25, 0.3) is 0 Å². The summed E-state index contributed by atoms with van der Waals surface area (Å²) in [7, 11) is 0. The van der Waals surface area contributed by atoms with Crippen LogP contribution in [0.1, 0.15) is 46.2 Å². The number of nitrogens with one attached hydrogen (secondary N) is 1. The van der Waals surface area contributed by atoms with Crippen molar-refractivity contribution in [3.05, 3.63) is 18.1 Å². The number of anilines is 1. The first-order chi connectivity index (χ1) is 9.50. The van der Waals surface area contributed by atoms with Crippen molar-refractivity contribution in [3.63, 3.8) is 0 Å². The Morgan fingerprint density at radius 1 is 1.30 bits per heavy atom. The Kier molecular flexibility index (Phi) is 4.97. The Balaban J connectivity index is 1.91. The molecule has 0 bridgehead atoms. The van der Waals surface area contributed by atoms with Crippen LogP contribution in [0.15, 0.2) is 12.4 Å². The Hall–Kier alpha value is -1.16. The highest BCUT2D eigenvalue weighted by Crippen LogP contribution is 2.34. The molecule has 20 heavy (non-hydrogen) atoms.